The van der Waals surface area contributed by atoms with Gasteiger partial charge in [-0.2, -0.15) is 0 Å². The van der Waals surface area contributed by atoms with Crippen molar-refractivity contribution in [2.75, 3.05) is 0 Å². The maximum Gasteiger partial charge on any atom is -1.00 e. The van der Waals surface area contributed by atoms with Gasteiger partial charge in [-0.3, -0.25) is 0 Å². The van der Waals surface area contributed by atoms with Crippen LogP contribution in [0.4, 0.5) is 79.0 Å². The van der Waals surface area contributed by atoms with Crippen LogP contribution in [0.15, 0.2) is 96.1 Å². The summed E-state index contributed by atoms with van der Waals surface area (Å²) in [7, 11) is 0. The van der Waals surface area contributed by atoms with Gasteiger partial charge in [0.05, 0.1) is 0 Å². The number of allylic oxidation sites excluding steroid dienone is 2. The van der Waals surface area contributed by atoms with Crippen LogP contribution in [0.1, 0.15) is 61.4 Å². The number of fused-ring (bicyclic) bond motifs is 2. The van der Waals surface area contributed by atoms with Gasteiger partial charge >= 0.3 is 348 Å². The molecule has 0 saturated heterocycles. The van der Waals surface area contributed by atoms with E-state index in [2.05, 4.69) is 0 Å². The van der Waals surface area contributed by atoms with Crippen molar-refractivity contribution >= 4 is 12.2 Å². The zero-order valence-corrected chi connectivity index (χ0v) is 36.0. The molecule has 0 saturated carbocycles. The molecule has 2 atom stereocenters. The molecule has 2 aliphatic rings. The third-order valence-corrected chi connectivity index (χ3v) is 16.3. The summed E-state index contributed by atoms with van der Waals surface area (Å²) in [4.78, 5) is 0. The van der Waals surface area contributed by atoms with Gasteiger partial charge in [-0.25, -0.2) is 0 Å². The summed E-state index contributed by atoms with van der Waals surface area (Å²) in [6, 6.07) is 13.4. The minimum absolute atomic E-state index is 0. The van der Waals surface area contributed by atoms with Gasteiger partial charge in [-0.15, -0.1) is 0 Å². The van der Waals surface area contributed by atoms with Crippen molar-refractivity contribution in [3.8, 4) is 22.3 Å². The average Bonchev–Trinajstić information content (AvgIpc) is 3.63. The Hall–Kier alpha value is -3.44. The zero-order chi connectivity index (χ0) is 45.7. The number of hydrogen-bond acceptors (Lipinski definition) is 0. The van der Waals surface area contributed by atoms with Gasteiger partial charge in [0.1, 0.15) is 0 Å². The van der Waals surface area contributed by atoms with Crippen molar-refractivity contribution in [1.82, 2.24) is 0 Å². The van der Waals surface area contributed by atoms with Crippen molar-refractivity contribution in [2.45, 2.75) is 75.9 Å². The molecule has 0 radical (unpaired) electrons. The number of benzene rings is 4. The van der Waals surface area contributed by atoms with Crippen molar-refractivity contribution in [3.05, 3.63) is 129 Å². The summed E-state index contributed by atoms with van der Waals surface area (Å²) < 4.78 is 248. The quantitative estimate of drug-likeness (QED) is 0.162. The van der Waals surface area contributed by atoms with E-state index in [1.807, 2.05) is 19.9 Å². The number of halogens is 20. The van der Waals surface area contributed by atoms with Gasteiger partial charge < -0.3 is 24.8 Å². The summed E-state index contributed by atoms with van der Waals surface area (Å²) in [5, 5.41) is 0. The van der Waals surface area contributed by atoms with Crippen LogP contribution in [-0.2, 0) is 34.1 Å². The fourth-order valence-electron chi connectivity index (χ4n) is 8.30. The first kappa shape index (κ1) is 52.2. The Balaban J connectivity index is 0.00000436. The van der Waals surface area contributed by atoms with Crippen LogP contribution in [0, 0.1) is 5.92 Å². The number of alkyl halides is 18. The SMILES string of the molecule is CC1=Cc2c(-c3ccc(C(C(F)(F)F)(C(F)(F)F)C(F)(F)F)cc3)cccc2[CH]1[Zr+2][CH]1C(C(C)C)=Cc2c(-c3ccc(C(C(F)(F)F)(C(F)(F)F)C(F)(F)F)cc3)cccc21.[Cl-].[Cl-]. The summed E-state index contributed by atoms with van der Waals surface area (Å²) in [5.74, 6) is -0.105. The van der Waals surface area contributed by atoms with E-state index in [1.165, 1.54) is 12.1 Å². The Morgan fingerprint density at radius 3 is 1.06 bits per heavy atom. The molecule has 4 aromatic carbocycles. The number of rotatable bonds is 7. The van der Waals surface area contributed by atoms with Crippen LogP contribution in [0.3, 0.4) is 0 Å². The third-order valence-electron chi connectivity index (χ3n) is 11.2. The second-order valence-electron chi connectivity index (χ2n) is 15.0. The van der Waals surface area contributed by atoms with E-state index in [-0.39, 0.29) is 73.4 Å². The minimum atomic E-state index is -6.79. The fraction of sp³-hybridized carbons (Fsp3) is 0.333. The van der Waals surface area contributed by atoms with Crippen LogP contribution in [0.2, 0.25) is 0 Å². The molecule has 2 aliphatic carbocycles. The molecular weight excluding hydrogens is 1010 g/mol. The molecule has 0 aromatic heterocycles. The zero-order valence-electron chi connectivity index (χ0n) is 32.0. The largest absolute Gasteiger partial charge is 1.00 e. The number of hydrogen-bond donors (Lipinski definition) is 0. The van der Waals surface area contributed by atoms with E-state index >= 15 is 0 Å². The van der Waals surface area contributed by atoms with E-state index in [4.69, 9.17) is 0 Å². The van der Waals surface area contributed by atoms with Gasteiger partial charge in [-0.05, 0) is 0 Å². The van der Waals surface area contributed by atoms with Gasteiger partial charge in [-0.1, -0.05) is 0 Å². The molecule has 0 fully saturated rings. The van der Waals surface area contributed by atoms with Gasteiger partial charge in [0.2, 0.25) is 0 Å². The molecule has 340 valence electrons. The van der Waals surface area contributed by atoms with Gasteiger partial charge in [0, 0.05) is 0 Å². The van der Waals surface area contributed by atoms with Crippen LogP contribution in [0.25, 0.3) is 34.4 Å². The predicted octanol–water partition coefficient (Wildman–Crippen LogP) is 9.21. The second-order valence-corrected chi connectivity index (χ2v) is 18.6. The smallest absolute Gasteiger partial charge is 1.00 e. The standard InChI is InChI=1S/C22H16F9.C20H12F9.2ClH.Zr/c1-12(2)15-10-14-4-3-5-17(18(14)11-15)13-6-8-16(9-7-13)19(20(23,24)25,21(26,27)28)22(29,30)31;1-11-9-13-3-2-4-15(16(13)10-11)12-5-7-14(8-6-12)17(18(21,22)23,19(24,25)26)20(27,28)29;;;/h3-12H,1-2H3;2-10H,1H3;2*1H;/q;;;;+2/p-2. The van der Waals surface area contributed by atoms with Gasteiger partial charge in [0.25, 0.3) is 0 Å². The maximum atomic E-state index is 13.8. The van der Waals surface area contributed by atoms with Crippen molar-refractivity contribution in [2.24, 2.45) is 5.92 Å². The maximum absolute atomic E-state index is 13.8. The Kier molecular flexibility index (Phi) is 14.2. The predicted molar refractivity (Wildman–Crippen MR) is 185 cm³/mol. The molecule has 4 aromatic rings. The normalized spacial score (nSPS) is 17.3. The first-order valence-corrected chi connectivity index (χ1v) is 20.7. The van der Waals surface area contributed by atoms with E-state index in [1.54, 1.807) is 37.3 Å². The molecule has 6 rings (SSSR count). The Bertz CT molecular complexity index is 2290. The van der Waals surface area contributed by atoms with Crippen LogP contribution in [-0.4, -0.2) is 37.1 Å². The molecule has 0 N–H and O–H groups in total. The van der Waals surface area contributed by atoms with Crippen LogP contribution in [0.5, 0.6) is 0 Å². The topological polar surface area (TPSA) is 0 Å². The summed E-state index contributed by atoms with van der Waals surface area (Å²) >= 11 is -1.81. The molecule has 0 bridgehead atoms. The second kappa shape index (κ2) is 17.1. The summed E-state index contributed by atoms with van der Waals surface area (Å²) in [6.07, 6.45) is -37.1. The molecule has 2 unspecified atom stereocenters. The van der Waals surface area contributed by atoms with E-state index < -0.39 is 82.2 Å². The summed E-state index contributed by atoms with van der Waals surface area (Å²) in [6.45, 7) is 5.58. The van der Waals surface area contributed by atoms with Crippen molar-refractivity contribution < 1.29 is 127 Å². The van der Waals surface area contributed by atoms with Crippen molar-refractivity contribution in [3.63, 3.8) is 0 Å². The van der Waals surface area contributed by atoms with Crippen molar-refractivity contribution in [1.29, 1.82) is 0 Å². The van der Waals surface area contributed by atoms with Crippen LogP contribution < -0.4 is 24.8 Å². The molecule has 0 heterocycles. The Morgan fingerprint density at radius 1 is 0.429 bits per heavy atom. The average molecular weight is 1040 g/mol. The monoisotopic (exact) mass is 1030 g/mol. The molecule has 0 aliphatic heterocycles. The fourth-order valence-corrected chi connectivity index (χ4v) is 13.6. The van der Waals surface area contributed by atoms with E-state index in [0.717, 1.165) is 46.5 Å². The van der Waals surface area contributed by atoms with E-state index in [9.17, 15) is 79.0 Å². The Labute approximate surface area is 371 Å². The van der Waals surface area contributed by atoms with Crippen LogP contribution >= 0.6 is 0 Å². The molecule has 0 amide bonds. The molecule has 0 nitrogen and oxygen atoms in total. The third kappa shape index (κ3) is 8.27. The molecule has 21 heteroatoms. The molecule has 63 heavy (non-hydrogen) atoms. The van der Waals surface area contributed by atoms with E-state index in [0.29, 0.717) is 22.3 Å². The molecule has 0 spiro atoms. The Morgan fingerprint density at radius 2 is 0.746 bits per heavy atom. The van der Waals surface area contributed by atoms with Gasteiger partial charge in [0.15, 0.2) is 0 Å². The molecular formula is C42H28Cl2F18Zr. The summed E-state index contributed by atoms with van der Waals surface area (Å²) in [5.41, 5.74) is -11.3. The first-order valence-electron chi connectivity index (χ1n) is 17.9. The first-order chi connectivity index (χ1) is 27.8. The minimum Gasteiger partial charge on any atom is -1.00 e.